The van der Waals surface area contributed by atoms with E-state index in [-0.39, 0.29) is 17.9 Å². The van der Waals surface area contributed by atoms with Crippen LogP contribution in [0, 0.1) is 0 Å². The Balaban J connectivity index is 1.69. The molecule has 2 aliphatic rings. The van der Waals surface area contributed by atoms with Crippen molar-refractivity contribution in [1.82, 2.24) is 4.90 Å². The summed E-state index contributed by atoms with van der Waals surface area (Å²) < 4.78 is 9.96. The van der Waals surface area contributed by atoms with E-state index in [1.807, 2.05) is 44.2 Å². The average molecular weight is 349 g/mol. The van der Waals surface area contributed by atoms with E-state index in [1.165, 1.54) is 23.6 Å². The topological polar surface area (TPSA) is 72.9 Å². The maximum Gasteiger partial charge on any atom is 0.330 e. The number of amides is 1. The number of carbonyl (C=O) groups is 3. The third-order valence-corrected chi connectivity index (χ3v) is 5.68. The minimum absolute atomic E-state index is 0.164. The highest BCUT2D eigenvalue weighted by Gasteiger charge is 2.65. The van der Waals surface area contributed by atoms with Crippen LogP contribution in [0.1, 0.15) is 26.3 Å². The molecule has 7 heteroatoms. The molecular formula is C17H19NO5S. The van der Waals surface area contributed by atoms with E-state index in [0.29, 0.717) is 0 Å². The second-order valence-corrected chi connectivity index (χ2v) is 8.15. The Hall–Kier alpha value is -2.02. The van der Waals surface area contributed by atoms with Gasteiger partial charge in [-0.1, -0.05) is 30.3 Å². The smallest absolute Gasteiger partial charge is 0.330 e. The second-order valence-electron chi connectivity index (χ2n) is 6.38. The van der Waals surface area contributed by atoms with Crippen molar-refractivity contribution in [3.05, 3.63) is 35.9 Å². The molecule has 0 radical (unpaired) electrons. The van der Waals surface area contributed by atoms with Crippen molar-refractivity contribution < 1.29 is 23.9 Å². The van der Waals surface area contributed by atoms with Crippen LogP contribution in [0.15, 0.2) is 30.3 Å². The number of β-lactam (4-membered cyclic amide) rings is 1. The molecule has 2 aliphatic heterocycles. The maximum absolute atomic E-state index is 12.6. The number of benzene rings is 1. The number of hydrogen-bond acceptors (Lipinski definition) is 6. The number of nitrogens with zero attached hydrogens (tertiary/aromatic N) is 1. The number of esters is 2. The lowest BCUT2D eigenvalue weighted by atomic mass is 9.97. The Bertz CT molecular complexity index is 675. The van der Waals surface area contributed by atoms with Gasteiger partial charge in [0.05, 0.1) is 0 Å². The molecule has 128 valence electrons. The minimum atomic E-state index is -0.807. The second kappa shape index (κ2) is 6.12. The normalized spacial score (nSPS) is 27.2. The number of rotatable bonds is 4. The lowest BCUT2D eigenvalue weighted by Crippen LogP contribution is -2.66. The van der Waals surface area contributed by atoms with Gasteiger partial charge in [0.1, 0.15) is 18.0 Å². The molecule has 0 saturated carbocycles. The van der Waals surface area contributed by atoms with Gasteiger partial charge < -0.3 is 14.4 Å². The first-order valence-electron chi connectivity index (χ1n) is 7.69. The predicted octanol–water partition coefficient (Wildman–Crippen LogP) is 1.72. The van der Waals surface area contributed by atoms with Gasteiger partial charge in [-0.2, -0.15) is 0 Å². The van der Waals surface area contributed by atoms with Gasteiger partial charge in [-0.3, -0.25) is 9.59 Å². The lowest BCUT2D eigenvalue weighted by Gasteiger charge is -2.42. The van der Waals surface area contributed by atoms with Gasteiger partial charge >= 0.3 is 11.9 Å². The van der Waals surface area contributed by atoms with Crippen molar-refractivity contribution >= 4 is 29.6 Å². The lowest BCUT2D eigenvalue weighted by molar-refractivity contribution is -0.182. The van der Waals surface area contributed by atoms with Gasteiger partial charge in [0, 0.05) is 11.7 Å². The maximum atomic E-state index is 12.6. The first-order chi connectivity index (χ1) is 11.3. The summed E-state index contributed by atoms with van der Waals surface area (Å²) in [4.78, 5) is 37.4. The predicted molar refractivity (Wildman–Crippen MR) is 87.9 cm³/mol. The molecule has 1 amide bonds. The molecule has 6 nitrogen and oxygen atoms in total. The quantitative estimate of drug-likeness (QED) is 0.609. The summed E-state index contributed by atoms with van der Waals surface area (Å²) in [5.41, 5.74) is 0.888. The SMILES string of the molecule is CC(=O)O[C@H]1C(=O)N2[C@@H]1SC(C)(C)[C@@H]2C(=O)OCc1ccccc1. The molecule has 2 heterocycles. The molecule has 0 spiro atoms. The summed E-state index contributed by atoms with van der Waals surface area (Å²) in [6.45, 7) is 5.22. The first kappa shape index (κ1) is 16.8. The van der Waals surface area contributed by atoms with E-state index in [4.69, 9.17) is 9.47 Å². The van der Waals surface area contributed by atoms with Crippen molar-refractivity contribution in [2.75, 3.05) is 0 Å². The van der Waals surface area contributed by atoms with Gasteiger partial charge in [-0.05, 0) is 19.4 Å². The van der Waals surface area contributed by atoms with Crippen LogP contribution < -0.4 is 0 Å². The number of hydrogen-bond donors (Lipinski definition) is 0. The molecular weight excluding hydrogens is 330 g/mol. The highest BCUT2D eigenvalue weighted by atomic mass is 32.2. The van der Waals surface area contributed by atoms with Crippen LogP contribution in [0.2, 0.25) is 0 Å². The molecule has 24 heavy (non-hydrogen) atoms. The van der Waals surface area contributed by atoms with Crippen molar-refractivity contribution in [3.63, 3.8) is 0 Å². The van der Waals surface area contributed by atoms with E-state index in [0.717, 1.165) is 5.56 Å². The summed E-state index contributed by atoms with van der Waals surface area (Å²) in [5, 5.41) is -0.328. The molecule has 3 rings (SSSR count). The Kier molecular flexibility index (Phi) is 4.29. The van der Waals surface area contributed by atoms with Crippen LogP contribution in [0.25, 0.3) is 0 Å². The van der Waals surface area contributed by atoms with E-state index in [1.54, 1.807) is 0 Å². The van der Waals surface area contributed by atoms with Crippen LogP contribution >= 0.6 is 11.8 Å². The molecule has 2 fully saturated rings. The van der Waals surface area contributed by atoms with Crippen LogP contribution in [0.3, 0.4) is 0 Å². The Morgan fingerprint density at radius 2 is 1.92 bits per heavy atom. The van der Waals surface area contributed by atoms with Crippen molar-refractivity contribution in [2.45, 2.75) is 49.6 Å². The van der Waals surface area contributed by atoms with E-state index < -0.39 is 28.8 Å². The van der Waals surface area contributed by atoms with Gasteiger partial charge in [0.25, 0.3) is 5.91 Å². The van der Waals surface area contributed by atoms with E-state index in [2.05, 4.69) is 0 Å². The first-order valence-corrected chi connectivity index (χ1v) is 8.57. The zero-order valence-electron chi connectivity index (χ0n) is 13.7. The van der Waals surface area contributed by atoms with E-state index >= 15 is 0 Å². The fourth-order valence-corrected chi connectivity index (χ4v) is 4.65. The van der Waals surface area contributed by atoms with Crippen LogP contribution in [0.4, 0.5) is 0 Å². The van der Waals surface area contributed by atoms with Gasteiger partial charge in [-0.25, -0.2) is 4.79 Å². The highest BCUT2D eigenvalue weighted by Crippen LogP contribution is 2.51. The number of carbonyl (C=O) groups excluding carboxylic acids is 3. The summed E-state index contributed by atoms with van der Waals surface area (Å²) in [6, 6.07) is 8.69. The third-order valence-electron chi connectivity index (χ3n) is 4.13. The van der Waals surface area contributed by atoms with Crippen LogP contribution in [-0.2, 0) is 30.5 Å². The van der Waals surface area contributed by atoms with Crippen molar-refractivity contribution in [1.29, 1.82) is 0 Å². The van der Waals surface area contributed by atoms with Gasteiger partial charge in [0.15, 0.2) is 0 Å². The number of fused-ring (bicyclic) bond motifs is 1. The molecule has 1 aromatic rings. The fourth-order valence-electron chi connectivity index (χ4n) is 3.05. The van der Waals surface area contributed by atoms with Crippen LogP contribution in [0.5, 0.6) is 0 Å². The summed E-state index contributed by atoms with van der Waals surface area (Å²) in [7, 11) is 0. The fraction of sp³-hybridized carbons (Fsp3) is 0.471. The largest absolute Gasteiger partial charge is 0.459 e. The number of thioether (sulfide) groups is 1. The molecule has 0 bridgehead atoms. The van der Waals surface area contributed by atoms with E-state index in [9.17, 15) is 14.4 Å². The van der Waals surface area contributed by atoms with Crippen molar-refractivity contribution in [2.24, 2.45) is 0 Å². The summed E-state index contributed by atoms with van der Waals surface area (Å²) in [5.74, 6) is -1.27. The highest BCUT2D eigenvalue weighted by molar-refractivity contribution is 8.01. The Labute approximate surface area is 144 Å². The summed E-state index contributed by atoms with van der Waals surface area (Å²) >= 11 is 1.46. The Morgan fingerprint density at radius 3 is 2.54 bits per heavy atom. The average Bonchev–Trinajstić information content (AvgIpc) is 2.79. The van der Waals surface area contributed by atoms with Crippen LogP contribution in [-0.4, -0.2) is 45.0 Å². The molecule has 0 unspecified atom stereocenters. The molecule has 0 aromatic heterocycles. The number of ether oxygens (including phenoxy) is 2. The third kappa shape index (κ3) is 2.88. The van der Waals surface area contributed by atoms with Crippen molar-refractivity contribution in [3.8, 4) is 0 Å². The Morgan fingerprint density at radius 1 is 1.25 bits per heavy atom. The monoisotopic (exact) mass is 349 g/mol. The minimum Gasteiger partial charge on any atom is -0.459 e. The molecule has 1 aromatic carbocycles. The van der Waals surface area contributed by atoms with Gasteiger partial charge in [0.2, 0.25) is 6.10 Å². The molecule has 0 aliphatic carbocycles. The zero-order chi connectivity index (χ0) is 17.5. The van der Waals surface area contributed by atoms with Gasteiger partial charge in [-0.15, -0.1) is 11.8 Å². The molecule has 0 N–H and O–H groups in total. The molecule has 2 saturated heterocycles. The summed E-state index contributed by atoms with van der Waals surface area (Å²) in [6.07, 6.45) is -0.807. The standard InChI is InChI=1S/C17H19NO5S/c1-10(19)23-12-14(20)18-13(17(2,3)24-15(12)18)16(21)22-9-11-7-5-4-6-8-11/h4-8,12-13,15H,9H2,1-3H3/t12-,13-,15+/m0/s1. The zero-order valence-corrected chi connectivity index (χ0v) is 14.5. The molecule has 3 atom stereocenters.